The number of nitrogens with zero attached hydrogens (tertiary/aromatic N) is 2. The monoisotopic (exact) mass is 270 g/mol. The topological polar surface area (TPSA) is 38.0 Å². The number of alkyl halides is 3. The van der Waals surface area contributed by atoms with E-state index in [1.807, 2.05) is 13.0 Å². The van der Waals surface area contributed by atoms with Crippen LogP contribution < -0.4 is 0 Å². The van der Waals surface area contributed by atoms with Crippen LogP contribution in [-0.4, -0.2) is 14.9 Å². The molecule has 0 aliphatic rings. The molecule has 0 saturated carbocycles. The van der Waals surface area contributed by atoms with Gasteiger partial charge in [-0.1, -0.05) is 29.8 Å². The Hall–Kier alpha value is -1.82. The molecule has 0 saturated heterocycles. The zero-order chi connectivity index (χ0) is 14.0. The molecule has 2 rings (SSSR count). The van der Waals surface area contributed by atoms with Gasteiger partial charge in [-0.3, -0.25) is 4.68 Å². The second-order valence-electron chi connectivity index (χ2n) is 4.32. The van der Waals surface area contributed by atoms with Crippen LogP contribution in [0.1, 0.15) is 22.4 Å². The highest BCUT2D eigenvalue weighted by molar-refractivity contribution is 5.25. The molecular formula is C13H13F3N2O. The van der Waals surface area contributed by atoms with Crippen molar-refractivity contribution in [3.63, 3.8) is 0 Å². The molecule has 6 heteroatoms. The molecule has 1 N–H and O–H groups in total. The lowest BCUT2D eigenvalue weighted by Gasteiger charge is -2.12. The van der Waals surface area contributed by atoms with E-state index < -0.39 is 18.5 Å². The second kappa shape index (κ2) is 5.05. The van der Waals surface area contributed by atoms with Crippen molar-refractivity contribution < 1.29 is 18.3 Å². The Bertz CT molecular complexity index is 576. The van der Waals surface area contributed by atoms with Gasteiger partial charge < -0.3 is 5.11 Å². The molecule has 0 aliphatic carbocycles. The molecule has 3 nitrogen and oxygen atoms in total. The molecule has 0 spiro atoms. The second-order valence-corrected chi connectivity index (χ2v) is 4.32. The van der Waals surface area contributed by atoms with Crippen molar-refractivity contribution in [2.24, 2.45) is 0 Å². The quantitative estimate of drug-likeness (QED) is 0.931. The van der Waals surface area contributed by atoms with E-state index in [0.29, 0.717) is 0 Å². The molecule has 0 radical (unpaired) electrons. The predicted molar refractivity (Wildman–Crippen MR) is 63.4 cm³/mol. The first-order valence-corrected chi connectivity index (χ1v) is 5.70. The normalized spacial score (nSPS) is 11.8. The van der Waals surface area contributed by atoms with Crippen molar-refractivity contribution in [2.75, 3.05) is 0 Å². The van der Waals surface area contributed by atoms with Gasteiger partial charge in [-0.05, 0) is 12.5 Å². The van der Waals surface area contributed by atoms with Gasteiger partial charge in [0, 0.05) is 5.56 Å². The highest BCUT2D eigenvalue weighted by Crippen LogP contribution is 2.32. The predicted octanol–water partition coefficient (Wildman–Crippen LogP) is 2.75. The number of aliphatic hydroxyl groups excluding tert-OH is 1. The summed E-state index contributed by atoms with van der Waals surface area (Å²) in [6, 6.07) is 7.21. The van der Waals surface area contributed by atoms with Crippen LogP contribution in [-0.2, 0) is 19.3 Å². The van der Waals surface area contributed by atoms with E-state index in [1.54, 1.807) is 18.2 Å². The third kappa shape index (κ3) is 2.96. The van der Waals surface area contributed by atoms with Crippen LogP contribution in [0.3, 0.4) is 0 Å². The SMILES string of the molecule is Cc1cccc(Cn2ncc(CO)c2C(F)(F)F)c1. The lowest BCUT2D eigenvalue weighted by Crippen LogP contribution is -2.17. The van der Waals surface area contributed by atoms with Crippen molar-refractivity contribution in [1.29, 1.82) is 0 Å². The highest BCUT2D eigenvalue weighted by atomic mass is 19.4. The fourth-order valence-corrected chi connectivity index (χ4v) is 1.97. The zero-order valence-electron chi connectivity index (χ0n) is 10.3. The van der Waals surface area contributed by atoms with Gasteiger partial charge in [0.2, 0.25) is 0 Å². The summed E-state index contributed by atoms with van der Waals surface area (Å²) in [6.07, 6.45) is -3.48. The molecule has 2 aromatic rings. The fraction of sp³-hybridized carbons (Fsp3) is 0.308. The summed E-state index contributed by atoms with van der Waals surface area (Å²) in [5, 5.41) is 12.7. The molecule has 1 aromatic carbocycles. The average Bonchev–Trinajstić information content (AvgIpc) is 2.71. The summed E-state index contributed by atoms with van der Waals surface area (Å²) in [7, 11) is 0. The average molecular weight is 270 g/mol. The summed E-state index contributed by atoms with van der Waals surface area (Å²) >= 11 is 0. The van der Waals surface area contributed by atoms with Gasteiger partial charge in [0.05, 0.1) is 19.3 Å². The molecule has 0 atom stereocenters. The number of halogens is 3. The summed E-state index contributed by atoms with van der Waals surface area (Å²) in [5.74, 6) is 0. The first-order chi connectivity index (χ1) is 8.91. The Labute approximate surface area is 108 Å². The maximum Gasteiger partial charge on any atom is 0.433 e. The lowest BCUT2D eigenvalue weighted by atomic mass is 10.1. The molecule has 102 valence electrons. The van der Waals surface area contributed by atoms with E-state index >= 15 is 0 Å². The number of benzene rings is 1. The molecular weight excluding hydrogens is 257 g/mol. The summed E-state index contributed by atoms with van der Waals surface area (Å²) in [5.41, 5.74) is 0.607. The minimum Gasteiger partial charge on any atom is -0.392 e. The van der Waals surface area contributed by atoms with Gasteiger partial charge >= 0.3 is 6.18 Å². The fourth-order valence-electron chi connectivity index (χ4n) is 1.97. The number of aliphatic hydroxyl groups is 1. The molecule has 1 heterocycles. The first kappa shape index (κ1) is 13.6. The van der Waals surface area contributed by atoms with Crippen molar-refractivity contribution in [2.45, 2.75) is 26.3 Å². The number of hydrogen-bond acceptors (Lipinski definition) is 2. The van der Waals surface area contributed by atoms with Crippen molar-refractivity contribution in [3.8, 4) is 0 Å². The molecule has 0 aliphatic heterocycles. The standard InChI is InChI=1S/C13H13F3N2O/c1-9-3-2-4-10(5-9)7-18-12(13(14,15)16)11(8-19)6-17-18/h2-6,19H,7-8H2,1H3. The molecule has 0 bridgehead atoms. The van der Waals surface area contributed by atoms with Gasteiger partial charge in [0.25, 0.3) is 0 Å². The van der Waals surface area contributed by atoms with E-state index in [1.165, 1.54) is 0 Å². The Balaban J connectivity index is 2.38. The van der Waals surface area contributed by atoms with Crippen LogP contribution >= 0.6 is 0 Å². The Morgan fingerprint density at radius 3 is 2.63 bits per heavy atom. The minimum absolute atomic E-state index is 0.0243. The zero-order valence-corrected chi connectivity index (χ0v) is 10.3. The summed E-state index contributed by atoms with van der Waals surface area (Å²) in [6.45, 7) is 1.22. The lowest BCUT2D eigenvalue weighted by molar-refractivity contribution is -0.145. The molecule has 1 aromatic heterocycles. The van der Waals surface area contributed by atoms with Gasteiger partial charge in [-0.15, -0.1) is 0 Å². The van der Waals surface area contributed by atoms with Gasteiger partial charge in [0.15, 0.2) is 0 Å². The molecule has 0 fully saturated rings. The van der Waals surface area contributed by atoms with E-state index in [4.69, 9.17) is 5.11 Å². The highest BCUT2D eigenvalue weighted by Gasteiger charge is 2.37. The van der Waals surface area contributed by atoms with Crippen molar-refractivity contribution >= 4 is 0 Å². The largest absolute Gasteiger partial charge is 0.433 e. The number of rotatable bonds is 3. The van der Waals surface area contributed by atoms with E-state index in [9.17, 15) is 13.2 Å². The molecule has 0 amide bonds. The number of hydrogen-bond donors (Lipinski definition) is 1. The smallest absolute Gasteiger partial charge is 0.392 e. The van der Waals surface area contributed by atoms with Crippen molar-refractivity contribution in [3.05, 3.63) is 52.8 Å². The Kier molecular flexibility index (Phi) is 3.61. The Morgan fingerprint density at radius 2 is 2.05 bits per heavy atom. The van der Waals surface area contributed by atoms with E-state index in [0.717, 1.165) is 22.0 Å². The molecule has 0 unspecified atom stereocenters. The van der Waals surface area contributed by atoms with Crippen molar-refractivity contribution in [1.82, 2.24) is 9.78 Å². The van der Waals surface area contributed by atoms with E-state index in [-0.39, 0.29) is 12.1 Å². The van der Waals surface area contributed by atoms with Crippen LogP contribution in [0.25, 0.3) is 0 Å². The number of aryl methyl sites for hydroxylation is 1. The van der Waals surface area contributed by atoms with Crippen LogP contribution in [0.5, 0.6) is 0 Å². The maximum absolute atomic E-state index is 12.9. The Morgan fingerprint density at radius 1 is 1.32 bits per heavy atom. The number of aromatic nitrogens is 2. The molecule has 19 heavy (non-hydrogen) atoms. The van der Waals surface area contributed by atoms with Crippen LogP contribution in [0.4, 0.5) is 13.2 Å². The van der Waals surface area contributed by atoms with Crippen LogP contribution in [0.2, 0.25) is 0 Å². The maximum atomic E-state index is 12.9. The third-order valence-electron chi connectivity index (χ3n) is 2.77. The third-order valence-corrected chi connectivity index (χ3v) is 2.77. The minimum atomic E-state index is -4.53. The summed E-state index contributed by atoms with van der Waals surface area (Å²) in [4.78, 5) is 0. The van der Waals surface area contributed by atoms with Gasteiger partial charge in [-0.2, -0.15) is 18.3 Å². The summed E-state index contributed by atoms with van der Waals surface area (Å²) < 4.78 is 39.7. The van der Waals surface area contributed by atoms with Gasteiger partial charge in [0.1, 0.15) is 5.69 Å². The van der Waals surface area contributed by atoms with Crippen LogP contribution in [0, 0.1) is 6.92 Å². The van der Waals surface area contributed by atoms with Crippen LogP contribution in [0.15, 0.2) is 30.5 Å². The van der Waals surface area contributed by atoms with Gasteiger partial charge in [-0.25, -0.2) is 0 Å². The first-order valence-electron chi connectivity index (χ1n) is 5.70. The van der Waals surface area contributed by atoms with E-state index in [2.05, 4.69) is 5.10 Å².